The van der Waals surface area contributed by atoms with Crippen LogP contribution in [-0.2, 0) is 0 Å². The predicted octanol–water partition coefficient (Wildman–Crippen LogP) is 4.00. The average molecular weight is 321 g/mol. The van der Waals surface area contributed by atoms with Crippen molar-refractivity contribution in [1.29, 1.82) is 0 Å². The summed E-state index contributed by atoms with van der Waals surface area (Å²) in [7, 11) is 1.60. The minimum atomic E-state index is -0.950. The van der Waals surface area contributed by atoms with Crippen LogP contribution in [0.5, 0.6) is 11.5 Å². The van der Waals surface area contributed by atoms with Gasteiger partial charge in [-0.1, -0.05) is 13.3 Å². The predicted molar refractivity (Wildman–Crippen MR) is 86.2 cm³/mol. The number of thiazole rings is 1. The fourth-order valence-electron chi connectivity index (χ4n) is 1.97. The number of carboxylic acids is 1. The number of hydrogen-bond acceptors (Lipinski definition) is 5. The van der Waals surface area contributed by atoms with Crippen molar-refractivity contribution in [2.75, 3.05) is 13.7 Å². The van der Waals surface area contributed by atoms with E-state index in [1.165, 1.54) is 0 Å². The van der Waals surface area contributed by atoms with Gasteiger partial charge < -0.3 is 14.6 Å². The number of benzene rings is 1. The number of nitrogens with zero attached hydrogens (tertiary/aromatic N) is 1. The molecule has 0 amide bonds. The fourth-order valence-corrected chi connectivity index (χ4v) is 2.87. The van der Waals surface area contributed by atoms with Crippen molar-refractivity contribution in [3.8, 4) is 22.1 Å². The first kappa shape index (κ1) is 16.3. The normalized spacial score (nSPS) is 10.5. The lowest BCUT2D eigenvalue weighted by atomic mass is 10.2. The zero-order chi connectivity index (χ0) is 16.1. The van der Waals surface area contributed by atoms with Crippen LogP contribution in [0.1, 0.15) is 35.1 Å². The second-order valence-corrected chi connectivity index (χ2v) is 5.81. The van der Waals surface area contributed by atoms with E-state index in [2.05, 4.69) is 11.9 Å². The molecule has 0 spiro atoms. The van der Waals surface area contributed by atoms with Gasteiger partial charge in [-0.3, -0.25) is 0 Å². The van der Waals surface area contributed by atoms with E-state index in [0.29, 0.717) is 28.8 Å². The van der Waals surface area contributed by atoms with Crippen LogP contribution in [0.25, 0.3) is 10.6 Å². The Balaban J connectivity index is 2.33. The first-order valence-corrected chi connectivity index (χ1v) is 7.90. The highest BCUT2D eigenvalue weighted by Crippen LogP contribution is 2.35. The van der Waals surface area contributed by atoms with Crippen LogP contribution >= 0.6 is 11.3 Å². The number of hydrogen-bond donors (Lipinski definition) is 1. The van der Waals surface area contributed by atoms with E-state index in [9.17, 15) is 4.79 Å². The van der Waals surface area contributed by atoms with Gasteiger partial charge in [-0.05, 0) is 31.5 Å². The largest absolute Gasteiger partial charge is 0.493 e. The van der Waals surface area contributed by atoms with E-state index in [4.69, 9.17) is 14.6 Å². The van der Waals surface area contributed by atoms with E-state index >= 15 is 0 Å². The molecule has 1 N–H and O–H groups in total. The molecule has 0 fully saturated rings. The molecule has 1 aromatic heterocycles. The molecule has 0 aliphatic rings. The Morgan fingerprint density at radius 1 is 1.36 bits per heavy atom. The van der Waals surface area contributed by atoms with Gasteiger partial charge in [-0.2, -0.15) is 0 Å². The molecule has 0 radical (unpaired) electrons. The minimum absolute atomic E-state index is 0.263. The van der Waals surface area contributed by atoms with Crippen LogP contribution in [0.2, 0.25) is 0 Å². The average Bonchev–Trinajstić information content (AvgIpc) is 2.89. The summed E-state index contributed by atoms with van der Waals surface area (Å²) in [6.45, 7) is 4.42. The Labute approximate surface area is 133 Å². The highest BCUT2D eigenvalue weighted by molar-refractivity contribution is 7.17. The number of ether oxygens (including phenoxy) is 2. The SMILES string of the molecule is CCCCOc1cc(-c2nc(C)c(C(=O)O)s2)ccc1OC. The van der Waals surface area contributed by atoms with E-state index < -0.39 is 5.97 Å². The highest BCUT2D eigenvalue weighted by atomic mass is 32.1. The molecule has 1 heterocycles. The number of unbranched alkanes of at least 4 members (excludes halogenated alkanes) is 1. The monoisotopic (exact) mass is 321 g/mol. The highest BCUT2D eigenvalue weighted by Gasteiger charge is 2.16. The summed E-state index contributed by atoms with van der Waals surface area (Å²) < 4.78 is 11.0. The maximum absolute atomic E-state index is 11.1. The molecule has 0 saturated carbocycles. The topological polar surface area (TPSA) is 68.7 Å². The maximum atomic E-state index is 11.1. The third-order valence-electron chi connectivity index (χ3n) is 3.16. The molecule has 5 nitrogen and oxygen atoms in total. The Bertz CT molecular complexity index is 666. The molecule has 6 heteroatoms. The van der Waals surface area contributed by atoms with Gasteiger partial charge in [-0.25, -0.2) is 9.78 Å². The Morgan fingerprint density at radius 2 is 2.14 bits per heavy atom. The van der Waals surface area contributed by atoms with Crippen molar-refractivity contribution < 1.29 is 19.4 Å². The van der Waals surface area contributed by atoms with Crippen LogP contribution in [0, 0.1) is 6.92 Å². The van der Waals surface area contributed by atoms with Gasteiger partial charge >= 0.3 is 5.97 Å². The summed E-state index contributed by atoms with van der Waals surface area (Å²) in [5.41, 5.74) is 1.35. The van der Waals surface area contributed by atoms with Gasteiger partial charge in [0, 0.05) is 5.56 Å². The van der Waals surface area contributed by atoms with Crippen molar-refractivity contribution in [3.05, 3.63) is 28.8 Å². The fraction of sp³-hybridized carbons (Fsp3) is 0.375. The first-order valence-electron chi connectivity index (χ1n) is 7.08. The summed E-state index contributed by atoms with van der Waals surface area (Å²) in [4.78, 5) is 15.7. The molecule has 0 aliphatic carbocycles. The standard InChI is InChI=1S/C16H19NO4S/c1-4-5-8-21-13-9-11(6-7-12(13)20-3)15-17-10(2)14(22-15)16(18)19/h6-7,9H,4-5,8H2,1-3H3,(H,18,19). The third kappa shape index (κ3) is 3.57. The number of methoxy groups -OCH3 is 1. The van der Waals surface area contributed by atoms with Crippen LogP contribution < -0.4 is 9.47 Å². The summed E-state index contributed by atoms with van der Waals surface area (Å²) in [6.07, 6.45) is 2.02. The van der Waals surface area contributed by atoms with Crippen molar-refractivity contribution in [1.82, 2.24) is 4.98 Å². The summed E-state index contributed by atoms with van der Waals surface area (Å²) in [5, 5.41) is 9.80. The zero-order valence-corrected chi connectivity index (χ0v) is 13.7. The number of carbonyl (C=O) groups is 1. The number of carboxylic acid groups (broad SMARTS) is 1. The molecule has 0 atom stereocenters. The smallest absolute Gasteiger partial charge is 0.347 e. The van der Waals surface area contributed by atoms with Gasteiger partial charge in [0.1, 0.15) is 9.88 Å². The summed E-state index contributed by atoms with van der Waals surface area (Å²) in [5.74, 6) is 0.360. The van der Waals surface area contributed by atoms with Crippen LogP contribution in [0.3, 0.4) is 0 Å². The van der Waals surface area contributed by atoms with E-state index in [1.54, 1.807) is 14.0 Å². The van der Waals surface area contributed by atoms with Crippen LogP contribution in [0.15, 0.2) is 18.2 Å². The number of rotatable bonds is 7. The quantitative estimate of drug-likeness (QED) is 0.781. The lowest BCUT2D eigenvalue weighted by Crippen LogP contribution is -1.99. The lowest BCUT2D eigenvalue weighted by molar-refractivity contribution is 0.0701. The molecule has 118 valence electrons. The molecule has 0 aliphatic heterocycles. The van der Waals surface area contributed by atoms with E-state index in [1.807, 2.05) is 18.2 Å². The first-order chi connectivity index (χ1) is 10.6. The molecule has 0 saturated heterocycles. The number of aryl methyl sites for hydroxylation is 1. The second kappa shape index (κ2) is 7.26. The maximum Gasteiger partial charge on any atom is 0.347 e. The second-order valence-electron chi connectivity index (χ2n) is 4.81. The third-order valence-corrected chi connectivity index (χ3v) is 4.35. The molecular weight excluding hydrogens is 302 g/mol. The molecule has 0 bridgehead atoms. The molecule has 2 rings (SSSR count). The summed E-state index contributed by atoms with van der Waals surface area (Å²) >= 11 is 1.16. The number of aromatic carboxylic acids is 1. The van der Waals surface area contributed by atoms with Gasteiger partial charge in [0.25, 0.3) is 0 Å². The Morgan fingerprint density at radius 3 is 2.73 bits per heavy atom. The molecule has 22 heavy (non-hydrogen) atoms. The van der Waals surface area contributed by atoms with Crippen molar-refractivity contribution in [2.24, 2.45) is 0 Å². The van der Waals surface area contributed by atoms with E-state index in [-0.39, 0.29) is 4.88 Å². The molecular formula is C16H19NO4S. The zero-order valence-electron chi connectivity index (χ0n) is 12.9. The minimum Gasteiger partial charge on any atom is -0.493 e. The Kier molecular flexibility index (Phi) is 5.38. The van der Waals surface area contributed by atoms with Crippen LogP contribution in [-0.4, -0.2) is 29.8 Å². The molecule has 2 aromatic rings. The van der Waals surface area contributed by atoms with Crippen molar-refractivity contribution >= 4 is 17.3 Å². The van der Waals surface area contributed by atoms with Gasteiger partial charge in [-0.15, -0.1) is 11.3 Å². The van der Waals surface area contributed by atoms with E-state index in [0.717, 1.165) is 29.7 Å². The lowest BCUT2D eigenvalue weighted by Gasteiger charge is -2.11. The molecule has 0 unspecified atom stereocenters. The van der Waals surface area contributed by atoms with Gasteiger partial charge in [0.15, 0.2) is 11.5 Å². The molecule has 1 aromatic carbocycles. The van der Waals surface area contributed by atoms with Gasteiger partial charge in [0.05, 0.1) is 19.4 Å². The van der Waals surface area contributed by atoms with Crippen LogP contribution in [0.4, 0.5) is 0 Å². The van der Waals surface area contributed by atoms with Gasteiger partial charge in [0.2, 0.25) is 0 Å². The number of aromatic nitrogens is 1. The Hall–Kier alpha value is -2.08. The summed E-state index contributed by atoms with van der Waals surface area (Å²) in [6, 6.07) is 5.52. The van der Waals surface area contributed by atoms with Crippen molar-refractivity contribution in [2.45, 2.75) is 26.7 Å². The van der Waals surface area contributed by atoms with Crippen molar-refractivity contribution in [3.63, 3.8) is 0 Å².